The van der Waals surface area contributed by atoms with Crippen LogP contribution in [0.4, 0.5) is 0 Å². The molecule has 2 atom stereocenters. The van der Waals surface area contributed by atoms with E-state index in [2.05, 4.69) is 116 Å². The average molecular weight is 444 g/mol. The van der Waals surface area contributed by atoms with Gasteiger partial charge in [0, 0.05) is 5.56 Å². The molecule has 2 N–H and O–H groups in total. The quantitative estimate of drug-likeness (QED) is 0.340. The lowest BCUT2D eigenvalue weighted by atomic mass is 9.92. The van der Waals surface area contributed by atoms with E-state index in [0.29, 0.717) is 0 Å². The van der Waals surface area contributed by atoms with Gasteiger partial charge in [-0.2, -0.15) is 0 Å². The summed E-state index contributed by atoms with van der Waals surface area (Å²) in [7, 11) is 0. The molecular weight excluding hydrogens is 414 g/mol. The smallest absolute Gasteiger partial charge is 0.131 e. The van der Waals surface area contributed by atoms with Crippen molar-refractivity contribution in [2.75, 3.05) is 0 Å². The lowest BCUT2D eigenvalue weighted by Crippen LogP contribution is -2.49. The van der Waals surface area contributed by atoms with Gasteiger partial charge < -0.3 is 5.32 Å². The van der Waals surface area contributed by atoms with Gasteiger partial charge in [0.2, 0.25) is 0 Å². The molecule has 0 fully saturated rings. The SMILES string of the molecule is Cc1c(C)c2cc(C3=NC(C4=CC=CCC4)NC(c4ccccc4)N3)ccc2c2ccccc12. The standard InChI is InChI=1S/C31H29N3/c1-20-21(2)28-19-24(17-18-27(28)26-16-10-9-15-25(20)26)31-33-29(22-11-5-3-6-12-22)32-30(34-31)23-13-7-4-8-14-23/h3-7,9-13,15-19,29-30,32H,8,14H2,1-2H3,(H,33,34). The number of amidine groups is 1. The van der Waals surface area contributed by atoms with E-state index >= 15 is 0 Å². The molecule has 0 radical (unpaired) electrons. The van der Waals surface area contributed by atoms with Crippen LogP contribution in [0, 0.1) is 13.8 Å². The number of rotatable bonds is 3. The lowest BCUT2D eigenvalue weighted by Gasteiger charge is -2.33. The highest BCUT2D eigenvalue weighted by Gasteiger charge is 2.26. The Morgan fingerprint density at radius 1 is 0.794 bits per heavy atom. The molecule has 0 saturated carbocycles. The van der Waals surface area contributed by atoms with Gasteiger partial charge in [-0.25, -0.2) is 4.99 Å². The number of aryl methyl sites for hydroxylation is 2. The molecule has 1 aliphatic heterocycles. The van der Waals surface area contributed by atoms with Crippen molar-refractivity contribution in [2.24, 2.45) is 4.99 Å². The molecule has 168 valence electrons. The van der Waals surface area contributed by atoms with Crippen molar-refractivity contribution in [1.29, 1.82) is 0 Å². The molecule has 34 heavy (non-hydrogen) atoms. The summed E-state index contributed by atoms with van der Waals surface area (Å²) in [6, 6.07) is 26.1. The molecule has 4 aromatic rings. The molecule has 2 unspecified atom stereocenters. The van der Waals surface area contributed by atoms with Gasteiger partial charge >= 0.3 is 0 Å². The Balaban J connectivity index is 1.48. The number of allylic oxidation sites excluding steroid dienone is 3. The monoisotopic (exact) mass is 443 g/mol. The fraction of sp³-hybridized carbons (Fsp3) is 0.194. The third-order valence-electron chi connectivity index (χ3n) is 7.27. The first kappa shape index (κ1) is 20.9. The minimum Gasteiger partial charge on any atom is -0.350 e. The summed E-state index contributed by atoms with van der Waals surface area (Å²) >= 11 is 0. The second-order valence-electron chi connectivity index (χ2n) is 9.30. The second kappa shape index (κ2) is 8.58. The first-order valence-corrected chi connectivity index (χ1v) is 12.1. The molecule has 1 heterocycles. The van der Waals surface area contributed by atoms with Gasteiger partial charge in [0.05, 0.1) is 0 Å². The van der Waals surface area contributed by atoms with Crippen LogP contribution in [-0.2, 0) is 0 Å². The predicted molar refractivity (Wildman–Crippen MR) is 143 cm³/mol. The first-order valence-electron chi connectivity index (χ1n) is 12.1. The Kier molecular flexibility index (Phi) is 5.27. The summed E-state index contributed by atoms with van der Waals surface area (Å²) in [4.78, 5) is 5.16. The Hall–Kier alpha value is -3.69. The third-order valence-corrected chi connectivity index (χ3v) is 7.27. The molecule has 0 amide bonds. The highest BCUT2D eigenvalue weighted by Crippen LogP contribution is 2.33. The van der Waals surface area contributed by atoms with Crippen LogP contribution in [0.2, 0.25) is 0 Å². The lowest BCUT2D eigenvalue weighted by molar-refractivity contribution is 0.425. The fourth-order valence-corrected chi connectivity index (χ4v) is 5.25. The van der Waals surface area contributed by atoms with E-state index in [-0.39, 0.29) is 12.3 Å². The fourth-order valence-electron chi connectivity index (χ4n) is 5.25. The van der Waals surface area contributed by atoms with Crippen molar-refractivity contribution in [3.05, 3.63) is 119 Å². The zero-order valence-corrected chi connectivity index (χ0v) is 19.7. The van der Waals surface area contributed by atoms with E-state index in [4.69, 9.17) is 4.99 Å². The van der Waals surface area contributed by atoms with Crippen LogP contribution in [-0.4, -0.2) is 12.0 Å². The van der Waals surface area contributed by atoms with Crippen molar-refractivity contribution in [3.63, 3.8) is 0 Å². The third kappa shape index (κ3) is 3.63. The molecule has 0 bridgehead atoms. The maximum atomic E-state index is 5.16. The van der Waals surface area contributed by atoms with Gasteiger partial charge in [-0.1, -0.05) is 85.0 Å². The van der Waals surface area contributed by atoms with Crippen molar-refractivity contribution >= 4 is 27.4 Å². The normalized spacial score (nSPS) is 20.2. The molecule has 4 aromatic carbocycles. The van der Waals surface area contributed by atoms with Crippen LogP contribution in [0.3, 0.4) is 0 Å². The van der Waals surface area contributed by atoms with Crippen LogP contribution in [0.5, 0.6) is 0 Å². The number of fused-ring (bicyclic) bond motifs is 3. The Morgan fingerprint density at radius 3 is 2.32 bits per heavy atom. The van der Waals surface area contributed by atoms with E-state index in [1.165, 1.54) is 43.8 Å². The van der Waals surface area contributed by atoms with Gasteiger partial charge in [0.15, 0.2) is 0 Å². The van der Waals surface area contributed by atoms with E-state index in [0.717, 1.165) is 24.2 Å². The largest absolute Gasteiger partial charge is 0.350 e. The maximum absolute atomic E-state index is 5.16. The number of benzene rings is 4. The number of aliphatic imine (C=N–C) groups is 1. The summed E-state index contributed by atoms with van der Waals surface area (Å²) in [6.07, 6.45) is 8.66. The number of hydrogen-bond donors (Lipinski definition) is 2. The summed E-state index contributed by atoms with van der Waals surface area (Å²) in [5.41, 5.74) is 6.36. The minimum absolute atomic E-state index is 0.000592. The van der Waals surface area contributed by atoms with Crippen LogP contribution < -0.4 is 10.6 Å². The maximum Gasteiger partial charge on any atom is 0.131 e. The molecule has 0 saturated heterocycles. The minimum atomic E-state index is -0.0402. The highest BCUT2D eigenvalue weighted by atomic mass is 15.3. The van der Waals surface area contributed by atoms with Crippen LogP contribution in [0.25, 0.3) is 21.5 Å². The first-order chi connectivity index (χ1) is 16.7. The van der Waals surface area contributed by atoms with Crippen molar-refractivity contribution < 1.29 is 0 Å². The molecular formula is C31H29N3. The molecule has 1 aliphatic carbocycles. The van der Waals surface area contributed by atoms with Crippen molar-refractivity contribution in [3.8, 4) is 0 Å². The molecule has 0 spiro atoms. The van der Waals surface area contributed by atoms with E-state index in [1.54, 1.807) is 0 Å². The molecule has 3 nitrogen and oxygen atoms in total. The van der Waals surface area contributed by atoms with E-state index in [1.807, 2.05) is 0 Å². The zero-order chi connectivity index (χ0) is 23.1. The Labute approximate surface area is 200 Å². The van der Waals surface area contributed by atoms with Crippen LogP contribution in [0.15, 0.2) is 102 Å². The summed E-state index contributed by atoms with van der Waals surface area (Å²) < 4.78 is 0. The number of nitrogens with zero attached hydrogens (tertiary/aromatic N) is 1. The van der Waals surface area contributed by atoms with Crippen LogP contribution in [0.1, 0.15) is 41.3 Å². The topological polar surface area (TPSA) is 36.4 Å². The molecule has 0 aromatic heterocycles. The summed E-state index contributed by atoms with van der Waals surface area (Å²) in [5, 5.41) is 12.6. The van der Waals surface area contributed by atoms with Gasteiger partial charge in [-0.05, 0) is 76.6 Å². The summed E-state index contributed by atoms with van der Waals surface area (Å²) in [5.74, 6) is 0.945. The van der Waals surface area contributed by atoms with Gasteiger partial charge in [0.25, 0.3) is 0 Å². The Bertz CT molecular complexity index is 1480. The Morgan fingerprint density at radius 2 is 1.53 bits per heavy atom. The number of nitrogens with one attached hydrogen (secondary N) is 2. The van der Waals surface area contributed by atoms with Gasteiger partial charge in [-0.3, -0.25) is 5.32 Å². The van der Waals surface area contributed by atoms with Crippen LogP contribution >= 0.6 is 0 Å². The van der Waals surface area contributed by atoms with E-state index < -0.39 is 0 Å². The zero-order valence-electron chi connectivity index (χ0n) is 19.7. The van der Waals surface area contributed by atoms with Gasteiger partial charge in [0.1, 0.15) is 18.2 Å². The van der Waals surface area contributed by atoms with E-state index in [9.17, 15) is 0 Å². The highest BCUT2D eigenvalue weighted by molar-refractivity contribution is 6.13. The molecule has 6 rings (SSSR count). The van der Waals surface area contributed by atoms with Gasteiger partial charge in [-0.15, -0.1) is 0 Å². The second-order valence-corrected chi connectivity index (χ2v) is 9.30. The average Bonchev–Trinajstić information content (AvgIpc) is 2.92. The molecule has 2 aliphatic rings. The number of hydrogen-bond acceptors (Lipinski definition) is 3. The van der Waals surface area contributed by atoms with Crippen molar-refractivity contribution in [2.45, 2.75) is 39.0 Å². The van der Waals surface area contributed by atoms with Crippen molar-refractivity contribution in [1.82, 2.24) is 10.6 Å². The predicted octanol–water partition coefficient (Wildman–Crippen LogP) is 6.85. The molecule has 3 heteroatoms. The summed E-state index contributed by atoms with van der Waals surface area (Å²) in [6.45, 7) is 4.47.